The van der Waals surface area contributed by atoms with Crippen molar-refractivity contribution in [3.63, 3.8) is 0 Å². The molecule has 2 unspecified atom stereocenters. The molecule has 1 aliphatic heterocycles. The van der Waals surface area contributed by atoms with E-state index in [0.717, 1.165) is 12.8 Å². The summed E-state index contributed by atoms with van der Waals surface area (Å²) in [6.45, 7) is 3.64. The molecule has 1 saturated heterocycles. The Balaban J connectivity index is 1.80. The first-order valence-corrected chi connectivity index (χ1v) is 10.8. The van der Waals surface area contributed by atoms with Gasteiger partial charge in [-0.15, -0.1) is 11.8 Å². The van der Waals surface area contributed by atoms with Crippen LogP contribution in [-0.4, -0.2) is 40.0 Å². The molecule has 0 radical (unpaired) electrons. The third-order valence-electron chi connectivity index (χ3n) is 4.56. The molecule has 0 aromatic heterocycles. The van der Waals surface area contributed by atoms with E-state index >= 15 is 0 Å². The fourth-order valence-corrected chi connectivity index (χ4v) is 4.74. The van der Waals surface area contributed by atoms with Gasteiger partial charge in [-0.1, -0.05) is 41.9 Å². The summed E-state index contributed by atoms with van der Waals surface area (Å²) in [6, 6.07) is 16.4. The van der Waals surface area contributed by atoms with Gasteiger partial charge in [0.25, 0.3) is 5.91 Å². The molecule has 28 heavy (non-hydrogen) atoms. The van der Waals surface area contributed by atoms with Crippen LogP contribution < -0.4 is 0 Å². The Bertz CT molecular complexity index is 810. The number of hydrogen-bond donors (Lipinski definition) is 0. The predicted octanol–water partition coefficient (Wildman–Crippen LogP) is 4.81. The van der Waals surface area contributed by atoms with Crippen LogP contribution in [0.5, 0.6) is 0 Å². The van der Waals surface area contributed by atoms with Gasteiger partial charge < -0.3 is 9.64 Å². The number of aryl methyl sites for hydroxylation is 1. The fourth-order valence-electron chi connectivity index (χ4n) is 3.23. The summed E-state index contributed by atoms with van der Waals surface area (Å²) in [5.41, 5.74) is 1.74. The van der Waals surface area contributed by atoms with E-state index in [0.29, 0.717) is 16.3 Å². The molecule has 0 aliphatic carbocycles. The lowest BCUT2D eigenvalue weighted by atomic mass is 10.1. The second-order valence-electron chi connectivity index (χ2n) is 7.03. The van der Waals surface area contributed by atoms with E-state index in [-0.39, 0.29) is 23.4 Å². The Morgan fingerprint density at radius 2 is 1.82 bits per heavy atom. The number of halogens is 1. The van der Waals surface area contributed by atoms with Crippen LogP contribution >= 0.6 is 23.4 Å². The number of hydrogen-bond acceptors (Lipinski definition) is 4. The third-order valence-corrected chi connectivity index (χ3v) is 6.17. The van der Waals surface area contributed by atoms with Gasteiger partial charge in [0.1, 0.15) is 6.04 Å². The van der Waals surface area contributed by atoms with Gasteiger partial charge >= 0.3 is 5.97 Å². The highest BCUT2D eigenvalue weighted by Crippen LogP contribution is 2.34. The van der Waals surface area contributed by atoms with Gasteiger partial charge in [0.05, 0.1) is 11.5 Å². The molecule has 0 bridgehead atoms. The van der Waals surface area contributed by atoms with E-state index in [1.54, 1.807) is 40.9 Å². The van der Waals surface area contributed by atoms with Crippen molar-refractivity contribution in [3.05, 3.63) is 70.7 Å². The first-order chi connectivity index (χ1) is 13.5. The first-order valence-electron chi connectivity index (χ1n) is 9.40. The monoisotopic (exact) mass is 417 g/mol. The molecule has 2 aromatic carbocycles. The Labute approximate surface area is 175 Å². The molecular weight excluding hydrogens is 394 g/mol. The number of esters is 1. The van der Waals surface area contributed by atoms with Gasteiger partial charge in [-0.25, -0.2) is 4.79 Å². The maximum Gasteiger partial charge on any atom is 0.330 e. The Morgan fingerprint density at radius 1 is 1.14 bits per heavy atom. The van der Waals surface area contributed by atoms with Crippen molar-refractivity contribution in [1.29, 1.82) is 0 Å². The van der Waals surface area contributed by atoms with Gasteiger partial charge in [-0.05, 0) is 56.5 Å². The van der Waals surface area contributed by atoms with Crippen molar-refractivity contribution in [2.45, 2.75) is 44.2 Å². The highest BCUT2D eigenvalue weighted by Gasteiger charge is 2.42. The standard InChI is InChI=1S/C22H24ClNO3S/c1-15(2)27-22(26)19-14-28-20(13-8-16-6-4-3-5-7-16)24(19)21(25)17-9-11-18(23)12-10-17/h3-7,9-12,15,19-20H,8,13-14H2,1-2H3. The lowest BCUT2D eigenvalue weighted by Gasteiger charge is -2.29. The van der Waals surface area contributed by atoms with Crippen LogP contribution in [0.15, 0.2) is 54.6 Å². The Morgan fingerprint density at radius 3 is 2.46 bits per heavy atom. The van der Waals surface area contributed by atoms with E-state index in [4.69, 9.17) is 16.3 Å². The Hall–Kier alpha value is -1.98. The summed E-state index contributed by atoms with van der Waals surface area (Å²) >= 11 is 7.59. The van der Waals surface area contributed by atoms with Crippen LogP contribution in [0.2, 0.25) is 5.02 Å². The highest BCUT2D eigenvalue weighted by molar-refractivity contribution is 8.00. The summed E-state index contributed by atoms with van der Waals surface area (Å²) in [4.78, 5) is 27.6. The van der Waals surface area contributed by atoms with Crippen molar-refractivity contribution in [3.8, 4) is 0 Å². The van der Waals surface area contributed by atoms with E-state index in [1.807, 2.05) is 32.0 Å². The number of benzene rings is 2. The molecule has 1 heterocycles. The van der Waals surface area contributed by atoms with Crippen LogP contribution in [-0.2, 0) is 16.0 Å². The third kappa shape index (κ3) is 5.09. The van der Waals surface area contributed by atoms with Crippen molar-refractivity contribution >= 4 is 35.2 Å². The molecule has 148 valence electrons. The van der Waals surface area contributed by atoms with Crippen LogP contribution in [0, 0.1) is 0 Å². The Kier molecular flexibility index (Phi) is 7.03. The average Bonchev–Trinajstić information content (AvgIpc) is 3.11. The number of amides is 1. The van der Waals surface area contributed by atoms with Crippen molar-refractivity contribution < 1.29 is 14.3 Å². The second-order valence-corrected chi connectivity index (χ2v) is 8.68. The largest absolute Gasteiger partial charge is 0.461 e. The molecule has 2 aromatic rings. The number of carbonyl (C=O) groups is 2. The number of carbonyl (C=O) groups excluding carboxylic acids is 2. The lowest BCUT2D eigenvalue weighted by molar-refractivity contribution is -0.151. The number of rotatable bonds is 6. The van der Waals surface area contributed by atoms with Gasteiger partial charge in [0, 0.05) is 16.3 Å². The van der Waals surface area contributed by atoms with Crippen LogP contribution in [0.25, 0.3) is 0 Å². The minimum Gasteiger partial charge on any atom is -0.461 e. The van der Waals surface area contributed by atoms with Crippen LogP contribution in [0.1, 0.15) is 36.2 Å². The van der Waals surface area contributed by atoms with E-state index in [9.17, 15) is 9.59 Å². The molecule has 1 amide bonds. The minimum atomic E-state index is -0.573. The SMILES string of the molecule is CC(C)OC(=O)C1CSC(CCc2ccccc2)N1C(=O)c1ccc(Cl)cc1. The molecule has 0 saturated carbocycles. The second kappa shape index (κ2) is 9.48. The van der Waals surface area contributed by atoms with Gasteiger partial charge in [-0.2, -0.15) is 0 Å². The zero-order valence-electron chi connectivity index (χ0n) is 16.0. The quantitative estimate of drug-likeness (QED) is 0.633. The van der Waals surface area contributed by atoms with Crippen LogP contribution in [0.4, 0.5) is 0 Å². The van der Waals surface area contributed by atoms with Crippen molar-refractivity contribution in [2.75, 3.05) is 5.75 Å². The fraction of sp³-hybridized carbons (Fsp3) is 0.364. The summed E-state index contributed by atoms with van der Waals surface area (Å²) < 4.78 is 5.41. The number of nitrogens with zero attached hydrogens (tertiary/aromatic N) is 1. The van der Waals surface area contributed by atoms with Gasteiger partial charge in [0.15, 0.2) is 0 Å². The molecule has 6 heteroatoms. The van der Waals surface area contributed by atoms with Gasteiger partial charge in [-0.3, -0.25) is 4.79 Å². The predicted molar refractivity (Wildman–Crippen MR) is 114 cm³/mol. The van der Waals surface area contributed by atoms with Gasteiger partial charge in [0.2, 0.25) is 0 Å². The molecule has 0 N–H and O–H groups in total. The summed E-state index contributed by atoms with van der Waals surface area (Å²) in [7, 11) is 0. The molecule has 3 rings (SSSR count). The maximum absolute atomic E-state index is 13.2. The van der Waals surface area contributed by atoms with Crippen LogP contribution in [0.3, 0.4) is 0 Å². The topological polar surface area (TPSA) is 46.6 Å². The van der Waals surface area contributed by atoms with E-state index in [2.05, 4.69) is 12.1 Å². The molecule has 0 spiro atoms. The maximum atomic E-state index is 13.2. The average molecular weight is 418 g/mol. The lowest BCUT2D eigenvalue weighted by Crippen LogP contribution is -2.47. The zero-order chi connectivity index (χ0) is 20.1. The molecule has 4 nitrogen and oxygen atoms in total. The summed E-state index contributed by atoms with van der Waals surface area (Å²) in [5, 5.41) is 0.497. The molecular formula is C22H24ClNO3S. The molecule has 2 atom stereocenters. The zero-order valence-corrected chi connectivity index (χ0v) is 17.6. The number of thioether (sulfide) groups is 1. The first kappa shape index (κ1) is 20.7. The smallest absolute Gasteiger partial charge is 0.330 e. The summed E-state index contributed by atoms with van der Waals surface area (Å²) in [6.07, 6.45) is 1.40. The minimum absolute atomic E-state index is 0.0758. The molecule has 1 fully saturated rings. The highest BCUT2D eigenvalue weighted by atomic mass is 35.5. The van der Waals surface area contributed by atoms with E-state index in [1.165, 1.54) is 5.56 Å². The normalized spacial score (nSPS) is 19.1. The summed E-state index contributed by atoms with van der Waals surface area (Å²) in [5.74, 6) is 0.0436. The number of ether oxygens (including phenoxy) is 1. The molecule has 1 aliphatic rings. The van der Waals surface area contributed by atoms with Crippen molar-refractivity contribution in [1.82, 2.24) is 4.90 Å². The van der Waals surface area contributed by atoms with E-state index < -0.39 is 6.04 Å². The van der Waals surface area contributed by atoms with Crippen molar-refractivity contribution in [2.24, 2.45) is 0 Å².